The number of amides is 1. The standard InChI is InChI=1S/C13H20N2O3S.ClH/c1-5-9-8(4)19-12(15-11(16)7(3)14)10(9)13(17)18-6-2;/h7H,5-6,14H2,1-4H3,(H,15,16);1H/t7-;/m1./s1. The Morgan fingerprint density at radius 1 is 1.40 bits per heavy atom. The average molecular weight is 321 g/mol. The van der Waals surface area contributed by atoms with Crippen LogP contribution < -0.4 is 11.1 Å². The van der Waals surface area contributed by atoms with Crippen LogP contribution in [0, 0.1) is 6.92 Å². The monoisotopic (exact) mass is 320 g/mol. The van der Waals surface area contributed by atoms with Gasteiger partial charge in [-0.05, 0) is 32.8 Å². The summed E-state index contributed by atoms with van der Waals surface area (Å²) in [6.45, 7) is 7.55. The lowest BCUT2D eigenvalue weighted by atomic mass is 10.1. The van der Waals surface area contributed by atoms with E-state index >= 15 is 0 Å². The van der Waals surface area contributed by atoms with E-state index in [4.69, 9.17) is 10.5 Å². The number of nitrogens with two attached hydrogens (primary N) is 1. The summed E-state index contributed by atoms with van der Waals surface area (Å²) >= 11 is 1.38. The molecule has 1 heterocycles. The van der Waals surface area contributed by atoms with Gasteiger partial charge in [-0.25, -0.2) is 4.79 Å². The number of anilines is 1. The van der Waals surface area contributed by atoms with Gasteiger partial charge in [0.2, 0.25) is 5.91 Å². The van der Waals surface area contributed by atoms with Crippen molar-refractivity contribution < 1.29 is 14.3 Å². The first kappa shape index (κ1) is 18.9. The molecule has 0 saturated carbocycles. The molecule has 7 heteroatoms. The molecule has 1 atom stereocenters. The minimum atomic E-state index is -0.623. The second-order valence-corrected chi connectivity index (χ2v) is 5.42. The summed E-state index contributed by atoms with van der Waals surface area (Å²) in [7, 11) is 0. The molecule has 0 radical (unpaired) electrons. The van der Waals surface area contributed by atoms with Gasteiger partial charge in [0.05, 0.1) is 18.2 Å². The Morgan fingerprint density at radius 3 is 2.45 bits per heavy atom. The second kappa shape index (κ2) is 8.24. The van der Waals surface area contributed by atoms with Gasteiger partial charge in [-0.15, -0.1) is 23.7 Å². The molecule has 1 amide bonds. The fraction of sp³-hybridized carbons (Fsp3) is 0.538. The van der Waals surface area contributed by atoms with Gasteiger partial charge in [-0.1, -0.05) is 6.92 Å². The van der Waals surface area contributed by atoms with Gasteiger partial charge in [0.1, 0.15) is 5.00 Å². The lowest BCUT2D eigenvalue weighted by Crippen LogP contribution is -2.32. The number of esters is 1. The zero-order chi connectivity index (χ0) is 14.6. The van der Waals surface area contributed by atoms with Crippen molar-refractivity contribution in [1.29, 1.82) is 0 Å². The maximum absolute atomic E-state index is 12.0. The lowest BCUT2D eigenvalue weighted by molar-refractivity contribution is -0.117. The summed E-state index contributed by atoms with van der Waals surface area (Å²) in [4.78, 5) is 24.7. The summed E-state index contributed by atoms with van der Waals surface area (Å²) < 4.78 is 5.05. The Balaban J connectivity index is 0.00000361. The van der Waals surface area contributed by atoms with Crippen molar-refractivity contribution in [2.24, 2.45) is 5.73 Å². The molecule has 0 aromatic carbocycles. The van der Waals surface area contributed by atoms with Gasteiger partial charge in [0.15, 0.2) is 0 Å². The highest BCUT2D eigenvalue weighted by atomic mass is 35.5. The number of thiophene rings is 1. The molecule has 114 valence electrons. The quantitative estimate of drug-likeness (QED) is 0.817. The zero-order valence-corrected chi connectivity index (χ0v) is 13.7. The predicted octanol–water partition coefficient (Wildman–Crippen LogP) is 2.50. The molecule has 0 unspecified atom stereocenters. The number of aryl methyl sites for hydroxylation is 1. The third-order valence-corrected chi connectivity index (χ3v) is 3.76. The number of hydrogen-bond donors (Lipinski definition) is 2. The third-order valence-electron chi connectivity index (χ3n) is 2.69. The third kappa shape index (κ3) is 4.19. The number of carbonyl (C=O) groups is 2. The van der Waals surface area contributed by atoms with Gasteiger partial charge in [0.25, 0.3) is 0 Å². The molecule has 3 N–H and O–H groups in total. The van der Waals surface area contributed by atoms with E-state index in [-0.39, 0.29) is 18.3 Å². The Hall–Kier alpha value is -1.11. The molecular weight excluding hydrogens is 300 g/mol. The van der Waals surface area contributed by atoms with Crippen LogP contribution >= 0.6 is 23.7 Å². The van der Waals surface area contributed by atoms with E-state index < -0.39 is 12.0 Å². The Labute approximate surface area is 129 Å². The van der Waals surface area contributed by atoms with Crippen LogP contribution in [0.3, 0.4) is 0 Å². The van der Waals surface area contributed by atoms with Gasteiger partial charge in [-0.2, -0.15) is 0 Å². The van der Waals surface area contributed by atoms with Crippen molar-refractivity contribution in [3.05, 3.63) is 16.0 Å². The van der Waals surface area contributed by atoms with Crippen molar-refractivity contribution in [2.75, 3.05) is 11.9 Å². The summed E-state index contributed by atoms with van der Waals surface area (Å²) in [6.07, 6.45) is 0.713. The molecular formula is C13H21ClN2O3S. The summed E-state index contributed by atoms with van der Waals surface area (Å²) in [5.74, 6) is -0.710. The first-order chi connectivity index (χ1) is 8.92. The molecule has 1 aromatic heterocycles. The minimum Gasteiger partial charge on any atom is -0.462 e. The van der Waals surface area contributed by atoms with Crippen molar-refractivity contribution in [3.8, 4) is 0 Å². The van der Waals surface area contributed by atoms with E-state index in [0.29, 0.717) is 23.6 Å². The number of hydrogen-bond acceptors (Lipinski definition) is 5. The Bertz CT molecular complexity index is 486. The molecule has 0 aliphatic carbocycles. The molecule has 0 spiro atoms. The number of halogens is 1. The molecule has 20 heavy (non-hydrogen) atoms. The van der Waals surface area contributed by atoms with E-state index in [2.05, 4.69) is 5.32 Å². The van der Waals surface area contributed by atoms with Crippen LogP contribution in [0.4, 0.5) is 5.00 Å². The number of carbonyl (C=O) groups excluding carboxylic acids is 2. The van der Waals surface area contributed by atoms with Gasteiger partial charge in [-0.3, -0.25) is 4.79 Å². The smallest absolute Gasteiger partial charge is 0.341 e. The van der Waals surface area contributed by atoms with Crippen molar-refractivity contribution in [3.63, 3.8) is 0 Å². The van der Waals surface area contributed by atoms with E-state index in [9.17, 15) is 9.59 Å². The van der Waals surface area contributed by atoms with Crippen LogP contribution in [0.2, 0.25) is 0 Å². The largest absolute Gasteiger partial charge is 0.462 e. The molecule has 0 aliphatic heterocycles. The van der Waals surface area contributed by atoms with E-state index in [1.54, 1.807) is 13.8 Å². The highest BCUT2D eigenvalue weighted by Crippen LogP contribution is 2.34. The predicted molar refractivity (Wildman–Crippen MR) is 83.9 cm³/mol. The number of ether oxygens (including phenoxy) is 1. The maximum Gasteiger partial charge on any atom is 0.341 e. The van der Waals surface area contributed by atoms with Crippen LogP contribution in [0.25, 0.3) is 0 Å². The fourth-order valence-corrected chi connectivity index (χ4v) is 2.87. The minimum absolute atomic E-state index is 0. The molecule has 5 nitrogen and oxygen atoms in total. The fourth-order valence-electron chi connectivity index (χ4n) is 1.74. The summed E-state index contributed by atoms with van der Waals surface area (Å²) in [6, 6.07) is -0.623. The first-order valence-corrected chi connectivity index (χ1v) is 7.09. The molecule has 0 aliphatic rings. The van der Waals surface area contributed by atoms with Crippen LogP contribution in [-0.2, 0) is 16.0 Å². The van der Waals surface area contributed by atoms with E-state index in [1.165, 1.54) is 11.3 Å². The topological polar surface area (TPSA) is 81.4 Å². The lowest BCUT2D eigenvalue weighted by Gasteiger charge is -2.09. The molecule has 0 fully saturated rings. The van der Waals surface area contributed by atoms with E-state index in [0.717, 1.165) is 10.4 Å². The molecule has 1 aromatic rings. The normalized spacial score (nSPS) is 11.4. The van der Waals surface area contributed by atoms with Crippen LogP contribution in [-0.4, -0.2) is 24.5 Å². The maximum atomic E-state index is 12.0. The summed E-state index contributed by atoms with van der Waals surface area (Å²) in [5.41, 5.74) is 6.90. The SMILES string of the molecule is CCOC(=O)c1c(NC(=O)[C@@H](C)N)sc(C)c1CC.Cl. The average Bonchev–Trinajstić information content (AvgIpc) is 2.65. The van der Waals surface area contributed by atoms with Gasteiger partial charge < -0.3 is 15.8 Å². The molecule has 0 saturated heterocycles. The zero-order valence-electron chi connectivity index (χ0n) is 12.1. The first-order valence-electron chi connectivity index (χ1n) is 6.28. The second-order valence-electron chi connectivity index (χ2n) is 4.19. The van der Waals surface area contributed by atoms with Crippen molar-refractivity contribution in [1.82, 2.24) is 0 Å². The van der Waals surface area contributed by atoms with Crippen molar-refractivity contribution >= 4 is 40.6 Å². The number of nitrogens with one attached hydrogen (secondary N) is 1. The Kier molecular flexibility index (Phi) is 7.78. The molecule has 1 rings (SSSR count). The van der Waals surface area contributed by atoms with Gasteiger partial charge >= 0.3 is 5.97 Å². The molecule has 0 bridgehead atoms. The highest BCUT2D eigenvalue weighted by molar-refractivity contribution is 7.16. The van der Waals surface area contributed by atoms with E-state index in [1.807, 2.05) is 13.8 Å². The van der Waals surface area contributed by atoms with Crippen molar-refractivity contribution in [2.45, 2.75) is 40.2 Å². The van der Waals surface area contributed by atoms with Crippen LogP contribution in [0.1, 0.15) is 41.6 Å². The summed E-state index contributed by atoms with van der Waals surface area (Å²) in [5, 5.41) is 3.22. The van der Waals surface area contributed by atoms with Crippen LogP contribution in [0.15, 0.2) is 0 Å². The van der Waals surface area contributed by atoms with Gasteiger partial charge in [0, 0.05) is 4.88 Å². The van der Waals surface area contributed by atoms with Crippen LogP contribution in [0.5, 0.6) is 0 Å². The highest BCUT2D eigenvalue weighted by Gasteiger charge is 2.23. The Morgan fingerprint density at radius 2 is 2.00 bits per heavy atom. The number of rotatable bonds is 5.